The van der Waals surface area contributed by atoms with Crippen molar-refractivity contribution in [2.75, 3.05) is 23.3 Å². The standard InChI is InChI=1S/C17H23N3O2/c1-5-20(6-2)15-9-7-14(8-10-15)19-17(21)11-16-12(3)18-13(4)22-16/h7-10H,5-6,11H2,1-4H3,(H,19,21). The minimum absolute atomic E-state index is 0.102. The zero-order valence-electron chi connectivity index (χ0n) is 13.6. The molecule has 0 unspecified atom stereocenters. The lowest BCUT2D eigenvalue weighted by Gasteiger charge is -2.21. The molecule has 0 radical (unpaired) electrons. The van der Waals surface area contributed by atoms with Gasteiger partial charge in [0.25, 0.3) is 0 Å². The Bertz CT molecular complexity index is 628. The van der Waals surface area contributed by atoms with Crippen molar-refractivity contribution in [2.45, 2.75) is 34.1 Å². The Morgan fingerprint density at radius 1 is 1.18 bits per heavy atom. The average molecular weight is 301 g/mol. The number of benzene rings is 1. The highest BCUT2D eigenvalue weighted by molar-refractivity contribution is 5.92. The van der Waals surface area contributed by atoms with Crippen LogP contribution in [0.25, 0.3) is 0 Å². The van der Waals surface area contributed by atoms with E-state index in [0.717, 1.165) is 30.2 Å². The van der Waals surface area contributed by atoms with Crippen LogP contribution in [0.15, 0.2) is 28.7 Å². The summed E-state index contributed by atoms with van der Waals surface area (Å²) in [5.74, 6) is 1.11. The number of aromatic nitrogens is 1. The summed E-state index contributed by atoms with van der Waals surface area (Å²) in [5, 5.41) is 2.88. The molecule has 0 saturated heterocycles. The summed E-state index contributed by atoms with van der Waals surface area (Å²) in [6.45, 7) is 9.80. The van der Waals surface area contributed by atoms with Gasteiger partial charge in [0.05, 0.1) is 12.1 Å². The molecular formula is C17H23N3O2. The highest BCUT2D eigenvalue weighted by Crippen LogP contribution is 2.18. The quantitative estimate of drug-likeness (QED) is 0.889. The third kappa shape index (κ3) is 3.87. The van der Waals surface area contributed by atoms with Gasteiger partial charge in [-0.15, -0.1) is 0 Å². The van der Waals surface area contributed by atoms with Gasteiger partial charge in [0.2, 0.25) is 5.91 Å². The fourth-order valence-corrected chi connectivity index (χ4v) is 2.43. The molecule has 1 heterocycles. The van der Waals surface area contributed by atoms with E-state index < -0.39 is 0 Å². The normalized spacial score (nSPS) is 10.5. The van der Waals surface area contributed by atoms with E-state index in [2.05, 4.69) is 29.0 Å². The van der Waals surface area contributed by atoms with E-state index in [1.165, 1.54) is 0 Å². The molecule has 0 bridgehead atoms. The van der Waals surface area contributed by atoms with Crippen LogP contribution in [-0.4, -0.2) is 24.0 Å². The number of aryl methyl sites for hydroxylation is 2. The molecule has 1 amide bonds. The van der Waals surface area contributed by atoms with Crippen LogP contribution in [0.4, 0.5) is 11.4 Å². The second-order valence-electron chi connectivity index (χ2n) is 5.19. The van der Waals surface area contributed by atoms with E-state index >= 15 is 0 Å². The highest BCUT2D eigenvalue weighted by Gasteiger charge is 2.12. The molecule has 0 saturated carbocycles. The van der Waals surface area contributed by atoms with Crippen molar-refractivity contribution in [1.82, 2.24) is 4.98 Å². The molecule has 118 valence electrons. The van der Waals surface area contributed by atoms with Crippen LogP contribution in [0.2, 0.25) is 0 Å². The van der Waals surface area contributed by atoms with Crippen molar-refractivity contribution in [3.8, 4) is 0 Å². The molecule has 0 fully saturated rings. The molecule has 2 aromatic rings. The summed E-state index contributed by atoms with van der Waals surface area (Å²) in [6, 6.07) is 7.88. The molecule has 5 nitrogen and oxygen atoms in total. The van der Waals surface area contributed by atoms with Crippen LogP contribution in [0.5, 0.6) is 0 Å². The summed E-state index contributed by atoms with van der Waals surface area (Å²) < 4.78 is 5.42. The Kier molecular flexibility index (Phi) is 5.20. The topological polar surface area (TPSA) is 58.4 Å². The van der Waals surface area contributed by atoms with Crippen molar-refractivity contribution >= 4 is 17.3 Å². The minimum atomic E-state index is -0.102. The molecule has 1 aromatic carbocycles. The number of carbonyl (C=O) groups excluding carboxylic acids is 1. The second kappa shape index (κ2) is 7.11. The van der Waals surface area contributed by atoms with Gasteiger partial charge in [-0.3, -0.25) is 4.79 Å². The third-order valence-electron chi connectivity index (χ3n) is 3.60. The smallest absolute Gasteiger partial charge is 0.232 e. The van der Waals surface area contributed by atoms with E-state index in [-0.39, 0.29) is 12.3 Å². The van der Waals surface area contributed by atoms with Crippen molar-refractivity contribution in [3.05, 3.63) is 41.6 Å². The molecule has 1 N–H and O–H groups in total. The first-order valence-electron chi connectivity index (χ1n) is 7.61. The largest absolute Gasteiger partial charge is 0.445 e. The monoisotopic (exact) mass is 301 g/mol. The van der Waals surface area contributed by atoms with Gasteiger partial charge < -0.3 is 14.6 Å². The highest BCUT2D eigenvalue weighted by atomic mass is 16.4. The van der Waals surface area contributed by atoms with Gasteiger partial charge in [-0.2, -0.15) is 0 Å². The van der Waals surface area contributed by atoms with Crippen molar-refractivity contribution in [3.63, 3.8) is 0 Å². The predicted octanol–water partition coefficient (Wildman–Crippen LogP) is 3.32. The number of anilines is 2. The number of nitrogens with one attached hydrogen (secondary N) is 1. The Labute approximate surface area is 131 Å². The SMILES string of the molecule is CCN(CC)c1ccc(NC(=O)Cc2oc(C)nc2C)cc1. The second-order valence-corrected chi connectivity index (χ2v) is 5.19. The summed E-state index contributed by atoms with van der Waals surface area (Å²) >= 11 is 0. The third-order valence-corrected chi connectivity index (χ3v) is 3.60. The van der Waals surface area contributed by atoms with Crippen molar-refractivity contribution in [2.24, 2.45) is 0 Å². The van der Waals surface area contributed by atoms with Gasteiger partial charge in [0.15, 0.2) is 5.89 Å². The van der Waals surface area contributed by atoms with Crippen LogP contribution in [0, 0.1) is 13.8 Å². The number of amides is 1. The molecule has 0 aliphatic heterocycles. The van der Waals surface area contributed by atoms with Crippen LogP contribution in [0.3, 0.4) is 0 Å². The predicted molar refractivity (Wildman–Crippen MR) is 88.3 cm³/mol. The lowest BCUT2D eigenvalue weighted by atomic mass is 10.2. The number of hydrogen-bond acceptors (Lipinski definition) is 4. The molecule has 2 rings (SSSR count). The number of oxazole rings is 1. The van der Waals surface area contributed by atoms with E-state index in [0.29, 0.717) is 11.7 Å². The van der Waals surface area contributed by atoms with E-state index in [4.69, 9.17) is 4.42 Å². The maximum Gasteiger partial charge on any atom is 0.232 e. The van der Waals surface area contributed by atoms with Crippen LogP contribution in [0.1, 0.15) is 31.2 Å². The molecular weight excluding hydrogens is 278 g/mol. The molecule has 0 spiro atoms. The average Bonchev–Trinajstić information content (AvgIpc) is 2.79. The first-order chi connectivity index (χ1) is 10.5. The summed E-state index contributed by atoms with van der Waals surface area (Å²) in [4.78, 5) is 18.5. The minimum Gasteiger partial charge on any atom is -0.445 e. The first-order valence-corrected chi connectivity index (χ1v) is 7.61. The molecule has 0 atom stereocenters. The Morgan fingerprint density at radius 2 is 1.82 bits per heavy atom. The van der Waals surface area contributed by atoms with Gasteiger partial charge in [-0.05, 0) is 45.0 Å². The number of nitrogens with zero attached hydrogens (tertiary/aromatic N) is 2. The van der Waals surface area contributed by atoms with E-state index in [1.807, 2.05) is 31.2 Å². The lowest BCUT2D eigenvalue weighted by molar-refractivity contribution is -0.115. The summed E-state index contributed by atoms with van der Waals surface area (Å²) in [7, 11) is 0. The zero-order chi connectivity index (χ0) is 16.1. The van der Waals surface area contributed by atoms with E-state index in [1.54, 1.807) is 6.92 Å². The zero-order valence-corrected chi connectivity index (χ0v) is 13.6. The Balaban J connectivity index is 1.98. The number of hydrogen-bond donors (Lipinski definition) is 1. The van der Waals surface area contributed by atoms with Crippen LogP contribution in [-0.2, 0) is 11.2 Å². The fourth-order valence-electron chi connectivity index (χ4n) is 2.43. The Hall–Kier alpha value is -2.30. The fraction of sp³-hybridized carbons (Fsp3) is 0.412. The summed E-state index contributed by atoms with van der Waals surface area (Å²) in [6.07, 6.45) is 0.199. The molecule has 22 heavy (non-hydrogen) atoms. The van der Waals surface area contributed by atoms with Crippen molar-refractivity contribution in [1.29, 1.82) is 0 Å². The molecule has 1 aromatic heterocycles. The van der Waals surface area contributed by atoms with Gasteiger partial charge in [-0.25, -0.2) is 4.98 Å². The van der Waals surface area contributed by atoms with Crippen LogP contribution >= 0.6 is 0 Å². The lowest BCUT2D eigenvalue weighted by Crippen LogP contribution is -2.21. The van der Waals surface area contributed by atoms with Crippen molar-refractivity contribution < 1.29 is 9.21 Å². The number of rotatable bonds is 6. The molecule has 0 aliphatic rings. The van der Waals surface area contributed by atoms with Gasteiger partial charge in [0.1, 0.15) is 5.76 Å². The molecule has 0 aliphatic carbocycles. The maximum atomic E-state index is 12.1. The van der Waals surface area contributed by atoms with Crippen LogP contribution < -0.4 is 10.2 Å². The first kappa shape index (κ1) is 16.1. The summed E-state index contributed by atoms with van der Waals surface area (Å²) in [5.41, 5.74) is 2.71. The van der Waals surface area contributed by atoms with Gasteiger partial charge >= 0.3 is 0 Å². The Morgan fingerprint density at radius 3 is 2.32 bits per heavy atom. The van der Waals surface area contributed by atoms with Gasteiger partial charge in [-0.1, -0.05) is 0 Å². The number of carbonyl (C=O) groups is 1. The van der Waals surface area contributed by atoms with E-state index in [9.17, 15) is 4.79 Å². The molecule has 5 heteroatoms. The maximum absolute atomic E-state index is 12.1. The van der Waals surface area contributed by atoms with Gasteiger partial charge in [0, 0.05) is 31.4 Å².